The summed E-state index contributed by atoms with van der Waals surface area (Å²) in [4.78, 5) is 0. The first-order valence-corrected chi connectivity index (χ1v) is 8.46. The quantitative estimate of drug-likeness (QED) is 0.418. The summed E-state index contributed by atoms with van der Waals surface area (Å²) in [6, 6.07) is 18.7. The van der Waals surface area contributed by atoms with E-state index in [0.717, 1.165) is 6.42 Å². The summed E-state index contributed by atoms with van der Waals surface area (Å²) in [7, 11) is 0. The monoisotopic (exact) mass is 456 g/mol. The summed E-state index contributed by atoms with van der Waals surface area (Å²) in [6.07, 6.45) is 16.3. The zero-order valence-electron chi connectivity index (χ0n) is 14.5. The van der Waals surface area contributed by atoms with E-state index in [4.69, 9.17) is 0 Å². The van der Waals surface area contributed by atoms with E-state index in [2.05, 4.69) is 60.7 Å². The Labute approximate surface area is 188 Å². The summed E-state index contributed by atoms with van der Waals surface area (Å²) >= 11 is 0. The summed E-state index contributed by atoms with van der Waals surface area (Å²) in [5.41, 5.74) is 7.24. The van der Waals surface area contributed by atoms with Crippen LogP contribution < -0.4 is 24.8 Å². The van der Waals surface area contributed by atoms with Crippen LogP contribution in [0.15, 0.2) is 72.3 Å². The van der Waals surface area contributed by atoms with E-state index in [-0.39, 0.29) is 51.0 Å². The van der Waals surface area contributed by atoms with Crippen LogP contribution in [0.3, 0.4) is 0 Å². The maximum atomic E-state index is 3.48. The Bertz CT molecular complexity index is 750. The van der Waals surface area contributed by atoms with Crippen molar-refractivity contribution in [1.29, 1.82) is 0 Å². The molecule has 26 heavy (non-hydrogen) atoms. The van der Waals surface area contributed by atoms with Crippen molar-refractivity contribution in [2.24, 2.45) is 0 Å². The minimum Gasteiger partial charge on any atom is -1.00 e. The molecule has 0 spiro atoms. The fraction of sp³-hybridized carbons (Fsp3) is 0.217. The first-order valence-electron chi connectivity index (χ1n) is 8.46. The maximum absolute atomic E-state index is 3.48. The standard InChI is InChI=1S/C18H15.C5H5.2ClH.Zr/c1-2-8-13(7-1)18-16-11-5-3-9-14(16)15-10-4-6-12-17(15)18;1-2-4-5-3-1;;;/h3-7,9-11,18H,1-2,8H2;1-3H,4H2;2*1H;/q2*-1;;;+4/p-2. The minimum absolute atomic E-state index is 0. The van der Waals surface area contributed by atoms with E-state index >= 15 is 0 Å². The van der Waals surface area contributed by atoms with E-state index in [1.165, 1.54) is 41.5 Å². The Morgan fingerprint density at radius 1 is 0.962 bits per heavy atom. The van der Waals surface area contributed by atoms with Crippen LogP contribution >= 0.6 is 0 Å². The van der Waals surface area contributed by atoms with Gasteiger partial charge < -0.3 is 24.8 Å². The maximum Gasteiger partial charge on any atom is 4.00 e. The van der Waals surface area contributed by atoms with Crippen LogP contribution in [-0.4, -0.2) is 0 Å². The molecule has 0 radical (unpaired) electrons. The second kappa shape index (κ2) is 11.1. The summed E-state index contributed by atoms with van der Waals surface area (Å²) in [6.45, 7) is 0. The average molecular weight is 459 g/mol. The normalized spacial score (nSPS) is 17.5. The van der Waals surface area contributed by atoms with E-state index in [1.54, 1.807) is 5.57 Å². The Morgan fingerprint density at radius 2 is 1.77 bits per heavy atom. The molecule has 0 heterocycles. The molecule has 2 aromatic carbocycles. The Hall–Kier alpha value is -0.877. The van der Waals surface area contributed by atoms with Gasteiger partial charge in [-0.15, -0.1) is 17.5 Å². The van der Waals surface area contributed by atoms with Gasteiger partial charge in [0.25, 0.3) is 0 Å². The van der Waals surface area contributed by atoms with Gasteiger partial charge in [0.15, 0.2) is 0 Å². The molecule has 3 heteroatoms. The van der Waals surface area contributed by atoms with Gasteiger partial charge in [-0.2, -0.15) is 30.3 Å². The molecule has 1 atom stereocenters. The van der Waals surface area contributed by atoms with Crippen LogP contribution in [0.1, 0.15) is 42.7 Å². The van der Waals surface area contributed by atoms with E-state index in [1.807, 2.05) is 18.2 Å². The SMILES string of the molecule is [C-]1=CC=CC1.[Cl-].[Cl-].[Zr+4].[c-]1cccc2c1C(C1=CCCC1)c1ccccc1-2. The van der Waals surface area contributed by atoms with Gasteiger partial charge in [-0.25, -0.2) is 12.2 Å². The van der Waals surface area contributed by atoms with Gasteiger partial charge in [0.05, 0.1) is 0 Å². The molecule has 0 saturated heterocycles. The van der Waals surface area contributed by atoms with Crippen LogP contribution in [0.5, 0.6) is 0 Å². The number of halogens is 2. The van der Waals surface area contributed by atoms with Crippen molar-refractivity contribution in [2.45, 2.75) is 31.6 Å². The molecule has 3 aliphatic carbocycles. The minimum atomic E-state index is 0. The third-order valence-corrected chi connectivity index (χ3v) is 4.77. The number of benzene rings is 2. The molecule has 5 rings (SSSR count). The van der Waals surface area contributed by atoms with Gasteiger partial charge in [-0.05, 0) is 24.8 Å². The number of hydrogen-bond donors (Lipinski definition) is 0. The summed E-state index contributed by atoms with van der Waals surface area (Å²) in [5.74, 6) is 0.472. The van der Waals surface area contributed by atoms with Crippen molar-refractivity contribution in [3.8, 4) is 11.1 Å². The van der Waals surface area contributed by atoms with Crippen molar-refractivity contribution in [3.63, 3.8) is 0 Å². The average Bonchev–Trinajstić information content (AvgIpc) is 3.35. The molecule has 130 valence electrons. The van der Waals surface area contributed by atoms with Gasteiger partial charge in [0.2, 0.25) is 0 Å². The molecule has 2 aromatic rings. The van der Waals surface area contributed by atoms with Crippen LogP contribution in [0, 0.1) is 12.1 Å². The molecule has 0 bridgehead atoms. The molecule has 0 N–H and O–H groups in total. The Balaban J connectivity index is 0.000000372. The first-order chi connectivity index (χ1) is 11.4. The van der Waals surface area contributed by atoms with E-state index < -0.39 is 0 Å². The zero-order valence-corrected chi connectivity index (χ0v) is 18.5. The van der Waals surface area contributed by atoms with Crippen LogP contribution in [0.4, 0.5) is 0 Å². The van der Waals surface area contributed by atoms with Gasteiger partial charge in [-0.1, -0.05) is 41.5 Å². The molecule has 0 fully saturated rings. The second-order valence-corrected chi connectivity index (χ2v) is 6.19. The van der Waals surface area contributed by atoms with Crippen molar-refractivity contribution in [1.82, 2.24) is 0 Å². The topological polar surface area (TPSA) is 0 Å². The van der Waals surface area contributed by atoms with E-state index in [0.29, 0.717) is 5.92 Å². The fourth-order valence-electron chi connectivity index (χ4n) is 3.76. The largest absolute Gasteiger partial charge is 4.00 e. The Morgan fingerprint density at radius 3 is 2.42 bits per heavy atom. The van der Waals surface area contributed by atoms with Crippen molar-refractivity contribution >= 4 is 0 Å². The molecule has 0 aromatic heterocycles. The van der Waals surface area contributed by atoms with Gasteiger partial charge >= 0.3 is 26.2 Å². The van der Waals surface area contributed by atoms with Crippen LogP contribution in [0.25, 0.3) is 11.1 Å². The number of rotatable bonds is 1. The molecular formula is C23H20Cl2Zr. The van der Waals surface area contributed by atoms with Crippen LogP contribution in [-0.2, 0) is 26.2 Å². The number of hydrogen-bond acceptors (Lipinski definition) is 0. The fourth-order valence-corrected chi connectivity index (χ4v) is 3.76. The number of fused-ring (bicyclic) bond motifs is 3. The predicted octanol–water partition coefficient (Wildman–Crippen LogP) is 0.0206. The molecule has 0 nitrogen and oxygen atoms in total. The van der Waals surface area contributed by atoms with Gasteiger partial charge in [-0.3, -0.25) is 6.08 Å². The molecule has 3 aliphatic rings. The van der Waals surface area contributed by atoms with E-state index in [9.17, 15) is 0 Å². The summed E-state index contributed by atoms with van der Waals surface area (Å²) < 4.78 is 0. The van der Waals surface area contributed by atoms with Gasteiger partial charge in [0, 0.05) is 5.92 Å². The molecule has 0 aliphatic heterocycles. The smallest absolute Gasteiger partial charge is 1.00 e. The van der Waals surface area contributed by atoms with Crippen molar-refractivity contribution in [2.75, 3.05) is 0 Å². The molecular weight excluding hydrogens is 438 g/mol. The third kappa shape index (κ3) is 4.69. The zero-order chi connectivity index (χ0) is 15.5. The molecule has 0 saturated carbocycles. The molecule has 1 unspecified atom stereocenters. The Kier molecular flexibility index (Phi) is 9.87. The molecule has 0 amide bonds. The number of allylic oxidation sites excluding steroid dienone is 6. The van der Waals surface area contributed by atoms with Gasteiger partial charge in [0.1, 0.15) is 0 Å². The first kappa shape index (κ1) is 23.2. The third-order valence-electron chi connectivity index (χ3n) is 4.77. The second-order valence-electron chi connectivity index (χ2n) is 6.19. The van der Waals surface area contributed by atoms with Crippen LogP contribution in [0.2, 0.25) is 0 Å². The predicted molar refractivity (Wildman–Crippen MR) is 96.1 cm³/mol. The van der Waals surface area contributed by atoms with Crippen molar-refractivity contribution in [3.05, 3.63) is 95.6 Å². The van der Waals surface area contributed by atoms with Crippen molar-refractivity contribution < 1.29 is 51.0 Å². The summed E-state index contributed by atoms with van der Waals surface area (Å²) in [5, 5.41) is 0.